The molecular weight excluding hydrogens is 239 g/mol. The molecule has 0 saturated heterocycles. The molecule has 0 radical (unpaired) electrons. The first-order chi connectivity index (χ1) is 8.20. The monoisotopic (exact) mass is 250 g/mol. The maximum atomic E-state index is 13.5. The van der Waals surface area contributed by atoms with Gasteiger partial charge in [0.2, 0.25) is 5.91 Å². The number of rotatable bonds is 3. The molecule has 0 saturated carbocycles. The smallest absolute Gasteiger partial charge is 0.225 e. The normalized spacial score (nSPS) is 10.2. The zero-order chi connectivity index (χ0) is 12.3. The first-order valence-electron chi connectivity index (χ1n) is 5.10. The predicted molar refractivity (Wildman–Crippen MR) is 65.3 cm³/mol. The third kappa shape index (κ3) is 2.68. The van der Waals surface area contributed by atoms with Crippen LogP contribution < -0.4 is 5.32 Å². The molecule has 0 fully saturated rings. The van der Waals surface area contributed by atoms with Crippen LogP contribution in [-0.4, -0.2) is 17.9 Å². The lowest BCUT2D eigenvalue weighted by Crippen LogP contribution is -2.20. The quantitative estimate of drug-likeness (QED) is 0.907. The van der Waals surface area contributed by atoms with Gasteiger partial charge >= 0.3 is 0 Å². The van der Waals surface area contributed by atoms with Crippen LogP contribution in [-0.2, 0) is 11.2 Å². The van der Waals surface area contributed by atoms with Gasteiger partial charge in [-0.15, -0.1) is 11.3 Å². The molecule has 0 aliphatic heterocycles. The Labute approximate surface area is 102 Å². The fourth-order valence-corrected chi connectivity index (χ4v) is 2.25. The van der Waals surface area contributed by atoms with Gasteiger partial charge in [0.1, 0.15) is 10.8 Å². The van der Waals surface area contributed by atoms with Crippen LogP contribution in [0.4, 0.5) is 4.39 Å². The van der Waals surface area contributed by atoms with E-state index >= 15 is 0 Å². The van der Waals surface area contributed by atoms with E-state index in [0.29, 0.717) is 16.3 Å². The maximum Gasteiger partial charge on any atom is 0.225 e. The van der Waals surface area contributed by atoms with E-state index in [4.69, 9.17) is 0 Å². The summed E-state index contributed by atoms with van der Waals surface area (Å²) in [5, 5.41) is 4.90. The molecule has 3 nitrogen and oxygen atoms in total. The number of aromatic nitrogens is 1. The van der Waals surface area contributed by atoms with Crippen molar-refractivity contribution in [3.05, 3.63) is 41.2 Å². The van der Waals surface area contributed by atoms with E-state index in [1.165, 1.54) is 17.4 Å². The number of thiazole rings is 1. The number of likely N-dealkylation sites (N-methyl/N-ethyl adjacent to an activating group) is 1. The zero-order valence-electron chi connectivity index (χ0n) is 9.24. The highest BCUT2D eigenvalue weighted by atomic mass is 32.1. The number of hydrogen-bond acceptors (Lipinski definition) is 3. The molecule has 0 atom stereocenters. The summed E-state index contributed by atoms with van der Waals surface area (Å²) in [6.45, 7) is 0. The second kappa shape index (κ2) is 5.05. The number of nitrogens with zero attached hydrogens (tertiary/aromatic N) is 1. The molecule has 0 unspecified atom stereocenters. The van der Waals surface area contributed by atoms with Crippen molar-refractivity contribution >= 4 is 17.2 Å². The Bertz CT molecular complexity index is 539. The van der Waals surface area contributed by atoms with Crippen LogP contribution in [0, 0.1) is 5.82 Å². The summed E-state index contributed by atoms with van der Waals surface area (Å²) in [4.78, 5) is 15.4. The number of amides is 1. The molecule has 0 aliphatic rings. The van der Waals surface area contributed by atoms with Crippen LogP contribution in [0.15, 0.2) is 29.6 Å². The summed E-state index contributed by atoms with van der Waals surface area (Å²) in [7, 11) is 1.58. The topological polar surface area (TPSA) is 42.0 Å². The number of benzene rings is 1. The Morgan fingerprint density at radius 1 is 1.47 bits per heavy atom. The van der Waals surface area contributed by atoms with Gasteiger partial charge < -0.3 is 5.32 Å². The minimum absolute atomic E-state index is 0.101. The van der Waals surface area contributed by atoms with Gasteiger partial charge in [-0.2, -0.15) is 0 Å². The Balaban J connectivity index is 2.24. The van der Waals surface area contributed by atoms with E-state index < -0.39 is 0 Å². The molecule has 2 aromatic rings. The summed E-state index contributed by atoms with van der Waals surface area (Å²) < 4.78 is 13.5. The van der Waals surface area contributed by atoms with Crippen LogP contribution in [0.2, 0.25) is 0 Å². The number of nitrogens with one attached hydrogen (secondary N) is 1. The minimum atomic E-state index is -0.298. The summed E-state index contributed by atoms with van der Waals surface area (Å²) in [6.07, 6.45) is 0.224. The second-order valence-electron chi connectivity index (χ2n) is 3.47. The second-order valence-corrected chi connectivity index (χ2v) is 4.33. The van der Waals surface area contributed by atoms with Gasteiger partial charge in [0.15, 0.2) is 0 Å². The molecule has 0 bridgehead atoms. The number of carbonyl (C=O) groups is 1. The van der Waals surface area contributed by atoms with Crippen molar-refractivity contribution in [1.82, 2.24) is 10.3 Å². The molecule has 2 rings (SSSR count). The van der Waals surface area contributed by atoms with Crippen molar-refractivity contribution in [3.8, 4) is 10.6 Å². The molecule has 1 heterocycles. The van der Waals surface area contributed by atoms with Crippen molar-refractivity contribution in [2.24, 2.45) is 0 Å². The van der Waals surface area contributed by atoms with Crippen molar-refractivity contribution in [3.63, 3.8) is 0 Å². The Hall–Kier alpha value is -1.75. The molecule has 1 aromatic heterocycles. The summed E-state index contributed by atoms with van der Waals surface area (Å²) >= 11 is 1.34. The van der Waals surface area contributed by atoms with Crippen LogP contribution in [0.25, 0.3) is 10.6 Å². The van der Waals surface area contributed by atoms with Gasteiger partial charge in [0.05, 0.1) is 12.1 Å². The fourth-order valence-electron chi connectivity index (χ4n) is 1.40. The van der Waals surface area contributed by atoms with Gasteiger partial charge in [-0.3, -0.25) is 4.79 Å². The highest BCUT2D eigenvalue weighted by Gasteiger charge is 2.10. The van der Waals surface area contributed by atoms with E-state index in [2.05, 4.69) is 10.3 Å². The predicted octanol–water partition coefficient (Wildman–Crippen LogP) is 2.24. The van der Waals surface area contributed by atoms with Crippen LogP contribution in [0.5, 0.6) is 0 Å². The van der Waals surface area contributed by atoms with Crippen molar-refractivity contribution in [2.45, 2.75) is 6.42 Å². The van der Waals surface area contributed by atoms with Crippen LogP contribution in [0.1, 0.15) is 5.69 Å². The third-order valence-electron chi connectivity index (χ3n) is 2.28. The fraction of sp³-hybridized carbons (Fsp3) is 0.167. The lowest BCUT2D eigenvalue weighted by Gasteiger charge is -1.97. The SMILES string of the molecule is CNC(=O)Cc1csc(-c2ccccc2F)n1. The van der Waals surface area contributed by atoms with Crippen molar-refractivity contribution < 1.29 is 9.18 Å². The zero-order valence-corrected chi connectivity index (χ0v) is 10.1. The molecule has 0 aliphatic carbocycles. The van der Waals surface area contributed by atoms with Crippen LogP contribution in [0.3, 0.4) is 0 Å². The summed E-state index contributed by atoms with van der Waals surface area (Å²) in [6, 6.07) is 6.48. The van der Waals surface area contributed by atoms with Gasteiger partial charge in [-0.25, -0.2) is 9.37 Å². The number of hydrogen-bond donors (Lipinski definition) is 1. The lowest BCUT2D eigenvalue weighted by atomic mass is 10.2. The van der Waals surface area contributed by atoms with Gasteiger partial charge in [-0.1, -0.05) is 12.1 Å². The average Bonchev–Trinajstić information content (AvgIpc) is 2.78. The van der Waals surface area contributed by atoms with Gasteiger partial charge in [0, 0.05) is 18.0 Å². The Kier molecular flexibility index (Phi) is 3.49. The van der Waals surface area contributed by atoms with E-state index in [1.807, 2.05) is 0 Å². The number of halogens is 1. The molecule has 1 N–H and O–H groups in total. The number of carbonyl (C=O) groups excluding carboxylic acids is 1. The first kappa shape index (κ1) is 11.7. The first-order valence-corrected chi connectivity index (χ1v) is 5.98. The third-order valence-corrected chi connectivity index (χ3v) is 3.20. The lowest BCUT2D eigenvalue weighted by molar-refractivity contribution is -0.120. The summed E-state index contributed by atoms with van der Waals surface area (Å²) in [5.41, 5.74) is 1.13. The highest BCUT2D eigenvalue weighted by molar-refractivity contribution is 7.13. The highest BCUT2D eigenvalue weighted by Crippen LogP contribution is 2.26. The molecular formula is C12H11FN2OS. The Morgan fingerprint density at radius 3 is 2.94 bits per heavy atom. The molecule has 0 spiro atoms. The van der Waals surface area contributed by atoms with E-state index in [0.717, 1.165) is 0 Å². The van der Waals surface area contributed by atoms with E-state index in [1.54, 1.807) is 30.6 Å². The molecule has 5 heteroatoms. The van der Waals surface area contributed by atoms with E-state index in [-0.39, 0.29) is 18.1 Å². The van der Waals surface area contributed by atoms with Gasteiger partial charge in [0.25, 0.3) is 0 Å². The maximum absolute atomic E-state index is 13.5. The summed E-state index contributed by atoms with van der Waals surface area (Å²) in [5.74, 6) is -0.399. The van der Waals surface area contributed by atoms with Crippen molar-refractivity contribution in [2.75, 3.05) is 7.05 Å². The average molecular weight is 250 g/mol. The van der Waals surface area contributed by atoms with Crippen molar-refractivity contribution in [1.29, 1.82) is 0 Å². The standard InChI is InChI=1S/C12H11FN2OS/c1-14-11(16)6-8-7-17-12(15-8)9-4-2-3-5-10(9)13/h2-5,7H,6H2,1H3,(H,14,16). The van der Waals surface area contributed by atoms with Gasteiger partial charge in [-0.05, 0) is 12.1 Å². The van der Waals surface area contributed by atoms with Crippen LogP contribution >= 0.6 is 11.3 Å². The minimum Gasteiger partial charge on any atom is -0.359 e. The molecule has 1 amide bonds. The van der Waals surface area contributed by atoms with E-state index in [9.17, 15) is 9.18 Å². The molecule has 88 valence electrons. The largest absolute Gasteiger partial charge is 0.359 e. The Morgan fingerprint density at radius 2 is 2.24 bits per heavy atom. The molecule has 17 heavy (non-hydrogen) atoms. The molecule has 1 aromatic carbocycles.